The number of hydrogen-bond acceptors (Lipinski definition) is 4. The van der Waals surface area contributed by atoms with Gasteiger partial charge in [0.05, 0.1) is 13.2 Å². The minimum absolute atomic E-state index is 0. The van der Waals surface area contributed by atoms with Crippen molar-refractivity contribution in [1.82, 2.24) is 15.1 Å². The molecule has 1 atom stereocenters. The van der Waals surface area contributed by atoms with Crippen molar-refractivity contribution in [2.45, 2.75) is 38.6 Å². The standard InChI is InChI=1S/C15H27N3O3.ClH/c1-2-7-18(13-5-6-16-12-13)15(20)4-3-14(19)17-8-10-21-11-9-17;/h13,16H,2-12H2,1H3;1H. The molecule has 128 valence electrons. The second-order valence-corrected chi connectivity index (χ2v) is 5.73. The summed E-state index contributed by atoms with van der Waals surface area (Å²) in [4.78, 5) is 28.3. The minimum Gasteiger partial charge on any atom is -0.378 e. The number of amides is 2. The molecule has 0 radical (unpaired) electrons. The van der Waals surface area contributed by atoms with E-state index in [4.69, 9.17) is 4.74 Å². The Labute approximate surface area is 138 Å². The number of morpholine rings is 1. The van der Waals surface area contributed by atoms with E-state index in [2.05, 4.69) is 12.2 Å². The average molecular weight is 334 g/mol. The molecule has 0 aromatic rings. The van der Waals surface area contributed by atoms with Crippen LogP contribution in [-0.4, -0.2) is 73.6 Å². The van der Waals surface area contributed by atoms with Gasteiger partial charge in [-0.1, -0.05) is 6.92 Å². The number of nitrogens with one attached hydrogen (secondary N) is 1. The molecule has 2 rings (SSSR count). The van der Waals surface area contributed by atoms with Crippen molar-refractivity contribution in [3.05, 3.63) is 0 Å². The largest absolute Gasteiger partial charge is 0.378 e. The van der Waals surface area contributed by atoms with E-state index in [1.165, 1.54) is 0 Å². The molecule has 0 aromatic carbocycles. The first kappa shape index (κ1) is 19.2. The first-order valence-corrected chi connectivity index (χ1v) is 8.08. The van der Waals surface area contributed by atoms with E-state index >= 15 is 0 Å². The number of hydrogen-bond donors (Lipinski definition) is 1. The fraction of sp³-hybridized carbons (Fsp3) is 0.867. The molecule has 2 amide bonds. The Balaban J connectivity index is 0.00000242. The zero-order chi connectivity index (χ0) is 15.1. The lowest BCUT2D eigenvalue weighted by molar-refractivity contribution is -0.140. The molecule has 2 saturated heterocycles. The highest BCUT2D eigenvalue weighted by Crippen LogP contribution is 2.12. The molecule has 0 aliphatic carbocycles. The van der Waals surface area contributed by atoms with Gasteiger partial charge >= 0.3 is 0 Å². The summed E-state index contributed by atoms with van der Waals surface area (Å²) in [6, 6.07) is 0.302. The predicted octanol–water partition coefficient (Wildman–Crippen LogP) is 0.648. The van der Waals surface area contributed by atoms with E-state index in [1.807, 2.05) is 4.90 Å². The van der Waals surface area contributed by atoms with E-state index in [1.54, 1.807) is 4.90 Å². The average Bonchev–Trinajstić information content (AvgIpc) is 3.04. The third kappa shape index (κ3) is 5.41. The summed E-state index contributed by atoms with van der Waals surface area (Å²) >= 11 is 0. The van der Waals surface area contributed by atoms with Crippen LogP contribution < -0.4 is 5.32 Å². The topological polar surface area (TPSA) is 61.9 Å². The van der Waals surface area contributed by atoms with Crippen molar-refractivity contribution in [2.75, 3.05) is 45.9 Å². The van der Waals surface area contributed by atoms with Crippen LogP contribution in [0.1, 0.15) is 32.6 Å². The molecule has 6 nitrogen and oxygen atoms in total. The molecule has 2 aliphatic rings. The van der Waals surface area contributed by atoms with Gasteiger partial charge in [-0.25, -0.2) is 0 Å². The highest BCUT2D eigenvalue weighted by Gasteiger charge is 2.26. The van der Waals surface area contributed by atoms with Crippen LogP contribution in [0.15, 0.2) is 0 Å². The van der Waals surface area contributed by atoms with Gasteiger partial charge in [-0.3, -0.25) is 9.59 Å². The van der Waals surface area contributed by atoms with E-state index in [-0.39, 0.29) is 24.2 Å². The van der Waals surface area contributed by atoms with E-state index in [0.29, 0.717) is 45.2 Å². The number of halogens is 1. The first-order chi connectivity index (χ1) is 10.2. The minimum atomic E-state index is 0. The van der Waals surface area contributed by atoms with Crippen molar-refractivity contribution in [2.24, 2.45) is 0 Å². The fourth-order valence-corrected chi connectivity index (χ4v) is 2.99. The predicted molar refractivity (Wildman–Crippen MR) is 87.2 cm³/mol. The molecule has 0 aromatic heterocycles. The van der Waals surface area contributed by atoms with Gasteiger partial charge in [-0.2, -0.15) is 0 Å². The van der Waals surface area contributed by atoms with Crippen molar-refractivity contribution in [1.29, 1.82) is 0 Å². The zero-order valence-corrected chi connectivity index (χ0v) is 14.2. The molecule has 0 saturated carbocycles. The van der Waals surface area contributed by atoms with Crippen LogP contribution in [0.3, 0.4) is 0 Å². The summed E-state index contributed by atoms with van der Waals surface area (Å²) in [5.41, 5.74) is 0. The maximum atomic E-state index is 12.4. The quantitative estimate of drug-likeness (QED) is 0.775. The molecule has 1 unspecified atom stereocenters. The smallest absolute Gasteiger partial charge is 0.223 e. The Kier molecular flexibility index (Phi) is 8.75. The van der Waals surface area contributed by atoms with Crippen LogP contribution in [0.5, 0.6) is 0 Å². The molecular formula is C15H28ClN3O3. The van der Waals surface area contributed by atoms with Crippen molar-refractivity contribution >= 4 is 24.2 Å². The van der Waals surface area contributed by atoms with Crippen LogP contribution in [0.2, 0.25) is 0 Å². The molecule has 2 fully saturated rings. The molecule has 7 heteroatoms. The second-order valence-electron chi connectivity index (χ2n) is 5.73. The SMILES string of the molecule is CCCN(C(=O)CCC(=O)N1CCOCC1)C1CCNC1.Cl. The zero-order valence-electron chi connectivity index (χ0n) is 13.4. The summed E-state index contributed by atoms with van der Waals surface area (Å²) in [6.45, 7) is 7.24. The Hall–Kier alpha value is -0.850. The van der Waals surface area contributed by atoms with E-state index in [0.717, 1.165) is 32.5 Å². The molecule has 22 heavy (non-hydrogen) atoms. The second kappa shape index (κ2) is 10.0. The van der Waals surface area contributed by atoms with Gasteiger partial charge < -0.3 is 19.9 Å². The summed E-state index contributed by atoms with van der Waals surface area (Å²) in [7, 11) is 0. The summed E-state index contributed by atoms with van der Waals surface area (Å²) in [6.07, 6.45) is 2.62. The normalized spacial score (nSPS) is 21.3. The Morgan fingerprint density at radius 3 is 2.59 bits per heavy atom. The van der Waals surface area contributed by atoms with Gasteiger partial charge in [0.1, 0.15) is 0 Å². The van der Waals surface area contributed by atoms with E-state index in [9.17, 15) is 9.59 Å². The molecule has 0 spiro atoms. The Morgan fingerprint density at radius 2 is 2.00 bits per heavy atom. The third-order valence-electron chi connectivity index (χ3n) is 4.18. The Bertz CT molecular complexity index is 356. The van der Waals surface area contributed by atoms with Gasteiger partial charge in [0.25, 0.3) is 0 Å². The maximum Gasteiger partial charge on any atom is 0.223 e. The Morgan fingerprint density at radius 1 is 1.27 bits per heavy atom. The highest BCUT2D eigenvalue weighted by molar-refractivity contribution is 5.85. The maximum absolute atomic E-state index is 12.4. The lowest BCUT2D eigenvalue weighted by atomic mass is 10.1. The van der Waals surface area contributed by atoms with Gasteiger partial charge in [0.2, 0.25) is 11.8 Å². The van der Waals surface area contributed by atoms with Crippen molar-refractivity contribution in [3.63, 3.8) is 0 Å². The number of rotatable bonds is 6. The number of ether oxygens (including phenoxy) is 1. The number of carbonyl (C=O) groups is 2. The molecular weight excluding hydrogens is 306 g/mol. The van der Waals surface area contributed by atoms with Crippen LogP contribution >= 0.6 is 12.4 Å². The van der Waals surface area contributed by atoms with Crippen LogP contribution in [0.25, 0.3) is 0 Å². The number of nitrogens with zero attached hydrogens (tertiary/aromatic N) is 2. The summed E-state index contributed by atoms with van der Waals surface area (Å²) in [5, 5.41) is 3.30. The lowest BCUT2D eigenvalue weighted by Gasteiger charge is -2.29. The molecule has 2 heterocycles. The fourth-order valence-electron chi connectivity index (χ4n) is 2.99. The summed E-state index contributed by atoms with van der Waals surface area (Å²) < 4.78 is 5.24. The monoisotopic (exact) mass is 333 g/mol. The lowest BCUT2D eigenvalue weighted by Crippen LogP contribution is -2.43. The number of carbonyl (C=O) groups excluding carboxylic acids is 2. The van der Waals surface area contributed by atoms with Crippen molar-refractivity contribution in [3.8, 4) is 0 Å². The van der Waals surface area contributed by atoms with E-state index < -0.39 is 0 Å². The summed E-state index contributed by atoms with van der Waals surface area (Å²) in [5.74, 6) is 0.194. The molecule has 0 bridgehead atoms. The third-order valence-corrected chi connectivity index (χ3v) is 4.18. The van der Waals surface area contributed by atoms with Gasteiger partial charge in [-0.15, -0.1) is 12.4 Å². The van der Waals surface area contributed by atoms with Gasteiger partial charge in [0.15, 0.2) is 0 Å². The van der Waals surface area contributed by atoms with Crippen LogP contribution in [-0.2, 0) is 14.3 Å². The molecule has 1 N–H and O–H groups in total. The van der Waals surface area contributed by atoms with Gasteiger partial charge in [0, 0.05) is 45.1 Å². The molecule has 2 aliphatic heterocycles. The van der Waals surface area contributed by atoms with Crippen LogP contribution in [0, 0.1) is 0 Å². The van der Waals surface area contributed by atoms with Gasteiger partial charge in [-0.05, 0) is 19.4 Å². The highest BCUT2D eigenvalue weighted by atomic mass is 35.5. The van der Waals surface area contributed by atoms with Crippen LogP contribution in [0.4, 0.5) is 0 Å². The first-order valence-electron chi connectivity index (χ1n) is 8.08. The van der Waals surface area contributed by atoms with Crippen molar-refractivity contribution < 1.29 is 14.3 Å².